The maximum absolute atomic E-state index is 11.0. The highest BCUT2D eigenvalue weighted by Crippen LogP contribution is 1.99. The summed E-state index contributed by atoms with van der Waals surface area (Å²) in [4.78, 5) is 0. The molecule has 0 atom stereocenters. The van der Waals surface area contributed by atoms with E-state index in [1.165, 1.54) is 0 Å². The number of allylic oxidation sites excluding steroid dienone is 1. The third kappa shape index (κ3) is 6.37. The molecule has 0 aromatic carbocycles. The second kappa shape index (κ2) is 5.32. The molecular formula is C8H16O3S. The molecular weight excluding hydrogens is 176 g/mol. The van der Waals surface area contributed by atoms with E-state index in [1.807, 2.05) is 6.92 Å². The second-order valence-electron chi connectivity index (χ2n) is 2.75. The lowest BCUT2D eigenvalue weighted by Crippen LogP contribution is -2.14. The lowest BCUT2D eigenvalue weighted by Gasteiger charge is -2.05. The molecule has 0 aromatic heterocycles. The third-order valence-corrected chi connectivity index (χ3v) is 2.32. The standard InChI is InChI=1S/C8H16O3S/c1-4-5-6-7-12(9,10)11-8(2)3/h5-6,8H,4,7H2,1-3H3. The van der Waals surface area contributed by atoms with Crippen molar-refractivity contribution in [3.8, 4) is 0 Å². The van der Waals surface area contributed by atoms with E-state index in [4.69, 9.17) is 4.18 Å². The first-order valence-corrected chi connectivity index (χ1v) is 5.61. The van der Waals surface area contributed by atoms with Gasteiger partial charge in [-0.3, -0.25) is 4.18 Å². The van der Waals surface area contributed by atoms with Crippen molar-refractivity contribution in [1.82, 2.24) is 0 Å². The van der Waals surface area contributed by atoms with Crippen LogP contribution in [-0.2, 0) is 14.3 Å². The van der Waals surface area contributed by atoms with Gasteiger partial charge in [-0.25, -0.2) is 0 Å². The smallest absolute Gasteiger partial charge is 0.267 e. The Hall–Kier alpha value is -0.350. The molecule has 0 radical (unpaired) electrons. The monoisotopic (exact) mass is 192 g/mol. The van der Waals surface area contributed by atoms with Crippen LogP contribution < -0.4 is 0 Å². The van der Waals surface area contributed by atoms with Crippen LogP contribution in [0.2, 0.25) is 0 Å². The van der Waals surface area contributed by atoms with Crippen molar-refractivity contribution in [2.75, 3.05) is 5.75 Å². The van der Waals surface area contributed by atoms with E-state index in [0.29, 0.717) is 0 Å². The van der Waals surface area contributed by atoms with Crippen molar-refractivity contribution in [2.45, 2.75) is 33.3 Å². The fourth-order valence-electron chi connectivity index (χ4n) is 0.685. The molecule has 0 unspecified atom stereocenters. The Kier molecular flexibility index (Phi) is 5.17. The van der Waals surface area contributed by atoms with Gasteiger partial charge in [-0.15, -0.1) is 0 Å². The summed E-state index contributed by atoms with van der Waals surface area (Å²) in [5.41, 5.74) is 0. The Morgan fingerprint density at radius 3 is 2.33 bits per heavy atom. The Balaban J connectivity index is 3.97. The number of hydrogen-bond acceptors (Lipinski definition) is 3. The molecule has 72 valence electrons. The summed E-state index contributed by atoms with van der Waals surface area (Å²) >= 11 is 0. The molecule has 0 spiro atoms. The number of rotatable bonds is 5. The third-order valence-electron chi connectivity index (χ3n) is 1.04. The molecule has 0 heterocycles. The fourth-order valence-corrected chi connectivity index (χ4v) is 1.72. The van der Waals surface area contributed by atoms with E-state index in [9.17, 15) is 8.42 Å². The van der Waals surface area contributed by atoms with Crippen LogP contribution in [0.15, 0.2) is 12.2 Å². The van der Waals surface area contributed by atoms with Crippen molar-refractivity contribution in [1.29, 1.82) is 0 Å². The first-order chi connectivity index (χ1) is 5.48. The van der Waals surface area contributed by atoms with Crippen LogP contribution in [0.3, 0.4) is 0 Å². The first kappa shape index (κ1) is 11.6. The Morgan fingerprint density at radius 1 is 1.33 bits per heavy atom. The summed E-state index contributed by atoms with van der Waals surface area (Å²) in [7, 11) is -3.34. The van der Waals surface area contributed by atoms with Crippen molar-refractivity contribution in [3.05, 3.63) is 12.2 Å². The maximum Gasteiger partial charge on any atom is 0.271 e. The molecule has 0 saturated carbocycles. The predicted octanol–water partition coefficient (Wildman–Crippen LogP) is 1.71. The van der Waals surface area contributed by atoms with Gasteiger partial charge in [0, 0.05) is 0 Å². The molecule has 0 fully saturated rings. The molecule has 0 rings (SSSR count). The van der Waals surface area contributed by atoms with Gasteiger partial charge in [-0.1, -0.05) is 19.1 Å². The lowest BCUT2D eigenvalue weighted by molar-refractivity contribution is 0.250. The summed E-state index contributed by atoms with van der Waals surface area (Å²) in [5.74, 6) is -0.0288. The van der Waals surface area contributed by atoms with Crippen LogP contribution in [0.1, 0.15) is 27.2 Å². The highest BCUT2D eigenvalue weighted by molar-refractivity contribution is 7.86. The van der Waals surface area contributed by atoms with Crippen molar-refractivity contribution in [3.63, 3.8) is 0 Å². The molecule has 0 aliphatic heterocycles. The summed E-state index contributed by atoms with van der Waals surface area (Å²) in [6.45, 7) is 5.34. The Bertz CT molecular complexity index is 227. The molecule has 0 amide bonds. The van der Waals surface area contributed by atoms with E-state index in [2.05, 4.69) is 0 Å². The SMILES string of the molecule is CCC=CCS(=O)(=O)OC(C)C. The molecule has 0 aliphatic carbocycles. The van der Waals surface area contributed by atoms with E-state index in [1.54, 1.807) is 26.0 Å². The molecule has 0 N–H and O–H groups in total. The summed E-state index contributed by atoms with van der Waals surface area (Å²) in [6, 6.07) is 0. The second-order valence-corrected chi connectivity index (χ2v) is 4.39. The van der Waals surface area contributed by atoms with Crippen molar-refractivity contribution >= 4 is 10.1 Å². The summed E-state index contributed by atoms with van der Waals surface area (Å²) in [6.07, 6.45) is 3.99. The molecule has 4 heteroatoms. The van der Waals surface area contributed by atoms with Gasteiger partial charge in [-0.05, 0) is 20.3 Å². The van der Waals surface area contributed by atoms with Crippen molar-refractivity contribution in [2.24, 2.45) is 0 Å². The summed E-state index contributed by atoms with van der Waals surface area (Å²) < 4.78 is 26.8. The van der Waals surface area contributed by atoms with Crippen LogP contribution in [0.5, 0.6) is 0 Å². The minimum atomic E-state index is -3.34. The predicted molar refractivity (Wildman–Crippen MR) is 49.4 cm³/mol. The Labute approximate surface area is 74.6 Å². The van der Waals surface area contributed by atoms with Crippen LogP contribution in [0.25, 0.3) is 0 Å². The molecule has 0 saturated heterocycles. The van der Waals surface area contributed by atoms with E-state index in [0.717, 1.165) is 6.42 Å². The van der Waals surface area contributed by atoms with Crippen molar-refractivity contribution < 1.29 is 12.6 Å². The van der Waals surface area contributed by atoms with Crippen LogP contribution in [-0.4, -0.2) is 20.3 Å². The van der Waals surface area contributed by atoms with E-state index < -0.39 is 10.1 Å². The maximum atomic E-state index is 11.0. The minimum absolute atomic E-state index is 0.0288. The fraction of sp³-hybridized carbons (Fsp3) is 0.750. The quantitative estimate of drug-likeness (QED) is 0.492. The van der Waals surface area contributed by atoms with Gasteiger partial charge in [0.15, 0.2) is 0 Å². The van der Waals surface area contributed by atoms with Gasteiger partial charge in [0.1, 0.15) is 0 Å². The van der Waals surface area contributed by atoms with Crippen LogP contribution in [0.4, 0.5) is 0 Å². The highest BCUT2D eigenvalue weighted by atomic mass is 32.2. The van der Waals surface area contributed by atoms with Crippen LogP contribution in [0, 0.1) is 0 Å². The minimum Gasteiger partial charge on any atom is -0.267 e. The van der Waals surface area contributed by atoms with Gasteiger partial charge in [0.25, 0.3) is 10.1 Å². The normalized spacial score (nSPS) is 13.0. The molecule has 0 aromatic rings. The zero-order chi connectivity index (χ0) is 9.61. The topological polar surface area (TPSA) is 43.4 Å². The van der Waals surface area contributed by atoms with Gasteiger partial charge in [0.2, 0.25) is 0 Å². The van der Waals surface area contributed by atoms with Gasteiger partial charge >= 0.3 is 0 Å². The average Bonchev–Trinajstić information content (AvgIpc) is 1.84. The van der Waals surface area contributed by atoms with E-state index in [-0.39, 0.29) is 11.9 Å². The summed E-state index contributed by atoms with van der Waals surface area (Å²) in [5, 5.41) is 0. The number of hydrogen-bond donors (Lipinski definition) is 0. The molecule has 0 aliphatic rings. The molecule has 12 heavy (non-hydrogen) atoms. The highest BCUT2D eigenvalue weighted by Gasteiger charge is 2.10. The van der Waals surface area contributed by atoms with Crippen LogP contribution >= 0.6 is 0 Å². The largest absolute Gasteiger partial charge is 0.271 e. The Morgan fingerprint density at radius 2 is 1.92 bits per heavy atom. The zero-order valence-electron chi connectivity index (χ0n) is 7.78. The van der Waals surface area contributed by atoms with Gasteiger partial charge in [0.05, 0.1) is 11.9 Å². The zero-order valence-corrected chi connectivity index (χ0v) is 8.60. The first-order valence-electron chi connectivity index (χ1n) is 4.04. The van der Waals surface area contributed by atoms with Gasteiger partial charge in [-0.2, -0.15) is 8.42 Å². The van der Waals surface area contributed by atoms with Gasteiger partial charge < -0.3 is 0 Å². The molecule has 0 bridgehead atoms. The molecule has 3 nitrogen and oxygen atoms in total. The lowest BCUT2D eigenvalue weighted by atomic mass is 10.4. The average molecular weight is 192 g/mol. The van der Waals surface area contributed by atoms with E-state index >= 15 is 0 Å².